The Morgan fingerprint density at radius 1 is 1.43 bits per heavy atom. The van der Waals surface area contributed by atoms with E-state index in [1.165, 1.54) is 18.3 Å². The third kappa shape index (κ3) is 3.94. The molecule has 2 rings (SSSR count). The van der Waals surface area contributed by atoms with Gasteiger partial charge < -0.3 is 0 Å². The van der Waals surface area contributed by atoms with Crippen LogP contribution in [0.25, 0.3) is 0 Å². The molecule has 0 N–H and O–H groups in total. The summed E-state index contributed by atoms with van der Waals surface area (Å²) in [5, 5.41) is 0. The molecular weight excluding hydrogens is 374 g/mol. The number of carbonyl (C=O) groups is 1. The van der Waals surface area contributed by atoms with Crippen molar-refractivity contribution in [2.45, 2.75) is 56.2 Å². The molecule has 2 heterocycles. The van der Waals surface area contributed by atoms with E-state index in [1.807, 2.05) is 6.92 Å². The number of halogens is 1. The van der Waals surface area contributed by atoms with E-state index in [1.54, 1.807) is 10.4 Å². The van der Waals surface area contributed by atoms with Crippen LogP contribution >= 0.6 is 27.3 Å². The van der Waals surface area contributed by atoms with Crippen molar-refractivity contribution in [1.29, 1.82) is 0 Å². The van der Waals surface area contributed by atoms with Crippen LogP contribution in [0.3, 0.4) is 0 Å². The molecule has 0 radical (unpaired) electrons. The summed E-state index contributed by atoms with van der Waals surface area (Å²) in [6, 6.07) is 1.51. The maximum absolute atomic E-state index is 12.9. The van der Waals surface area contributed by atoms with Gasteiger partial charge in [0.25, 0.3) is 10.0 Å². The van der Waals surface area contributed by atoms with E-state index in [-0.39, 0.29) is 11.8 Å². The number of hydrogen-bond acceptors (Lipinski definition) is 4. The molecule has 1 atom stereocenters. The van der Waals surface area contributed by atoms with Crippen LogP contribution in [0.4, 0.5) is 0 Å². The Morgan fingerprint density at radius 3 is 2.71 bits per heavy atom. The van der Waals surface area contributed by atoms with Crippen molar-refractivity contribution in [2.24, 2.45) is 0 Å². The Balaban J connectivity index is 2.35. The van der Waals surface area contributed by atoms with Crippen LogP contribution in [0.1, 0.15) is 44.6 Å². The van der Waals surface area contributed by atoms with Gasteiger partial charge in [-0.25, -0.2) is 8.42 Å². The molecule has 7 heteroatoms. The molecule has 0 saturated carbocycles. The first kappa shape index (κ1) is 17.1. The lowest BCUT2D eigenvalue weighted by atomic mass is 10.1. The van der Waals surface area contributed by atoms with Crippen LogP contribution in [0.15, 0.2) is 14.1 Å². The zero-order valence-corrected chi connectivity index (χ0v) is 15.5. The number of thiophene rings is 1. The first-order valence-electron chi connectivity index (χ1n) is 7.09. The van der Waals surface area contributed by atoms with E-state index < -0.39 is 10.0 Å². The van der Waals surface area contributed by atoms with Gasteiger partial charge in [0.05, 0.1) is 3.79 Å². The van der Waals surface area contributed by atoms with Crippen LogP contribution in [-0.2, 0) is 14.8 Å². The third-order valence-electron chi connectivity index (χ3n) is 3.74. The first-order chi connectivity index (χ1) is 9.82. The number of sulfonamides is 1. The van der Waals surface area contributed by atoms with Crippen molar-refractivity contribution in [2.75, 3.05) is 6.54 Å². The van der Waals surface area contributed by atoms with Gasteiger partial charge >= 0.3 is 0 Å². The first-order valence-corrected chi connectivity index (χ1v) is 10.1. The van der Waals surface area contributed by atoms with Gasteiger partial charge in [-0.3, -0.25) is 4.79 Å². The highest BCUT2D eigenvalue weighted by Gasteiger charge is 2.34. The number of ketones is 1. The van der Waals surface area contributed by atoms with Crippen LogP contribution in [0.2, 0.25) is 0 Å². The van der Waals surface area contributed by atoms with Gasteiger partial charge in [-0.1, -0.05) is 12.8 Å². The predicted molar refractivity (Wildman–Crippen MR) is 88.2 cm³/mol. The molecule has 118 valence electrons. The summed E-state index contributed by atoms with van der Waals surface area (Å²) in [6.45, 7) is 3.92. The van der Waals surface area contributed by atoms with Gasteiger partial charge in [0.1, 0.15) is 9.99 Å². The zero-order valence-electron chi connectivity index (χ0n) is 12.3. The molecule has 0 aliphatic carbocycles. The van der Waals surface area contributed by atoms with E-state index in [0.29, 0.717) is 17.2 Å². The van der Waals surface area contributed by atoms with E-state index >= 15 is 0 Å². The predicted octanol–water partition coefficient (Wildman–Crippen LogP) is 3.73. The number of rotatable bonds is 4. The minimum absolute atomic E-state index is 0.0469. The third-order valence-corrected chi connectivity index (χ3v) is 8.28. The van der Waals surface area contributed by atoms with Crippen LogP contribution in [0, 0.1) is 6.92 Å². The SMILES string of the molecule is CC(=O)CC1CCCCCN1S(=O)(=O)c1cc(C)c(Br)s1. The standard InChI is InChI=1S/C14H20BrNO3S2/c1-10-8-13(20-14(10)15)21(18,19)16-7-5-3-4-6-12(16)9-11(2)17/h8,12H,3-7,9H2,1-2H3. The highest BCUT2D eigenvalue weighted by molar-refractivity contribution is 9.11. The second kappa shape index (κ2) is 6.89. The average Bonchev–Trinajstić information content (AvgIpc) is 2.61. The molecule has 0 bridgehead atoms. The monoisotopic (exact) mass is 393 g/mol. The van der Waals surface area contributed by atoms with Crippen molar-refractivity contribution >= 4 is 43.1 Å². The summed E-state index contributed by atoms with van der Waals surface area (Å²) in [7, 11) is -3.51. The van der Waals surface area contributed by atoms with Gasteiger partial charge in [0, 0.05) is 19.0 Å². The molecular formula is C14H20BrNO3S2. The van der Waals surface area contributed by atoms with Crippen molar-refractivity contribution in [3.63, 3.8) is 0 Å². The maximum atomic E-state index is 12.9. The topological polar surface area (TPSA) is 54.5 Å². The van der Waals surface area contributed by atoms with Gasteiger partial charge in [0.2, 0.25) is 0 Å². The molecule has 21 heavy (non-hydrogen) atoms. The lowest BCUT2D eigenvalue weighted by Crippen LogP contribution is -2.40. The fraction of sp³-hybridized carbons (Fsp3) is 0.643. The fourth-order valence-electron chi connectivity index (χ4n) is 2.68. The Labute approximate surface area is 138 Å². The smallest absolute Gasteiger partial charge is 0.252 e. The van der Waals surface area contributed by atoms with Gasteiger partial charge in [0.15, 0.2) is 0 Å². The summed E-state index contributed by atoms with van der Waals surface area (Å²) in [5.41, 5.74) is 0.927. The molecule has 1 aromatic rings. The molecule has 0 spiro atoms. The second-order valence-corrected chi connectivity index (χ2v) is 10.0. The van der Waals surface area contributed by atoms with E-state index in [0.717, 1.165) is 35.0 Å². The molecule has 1 saturated heterocycles. The zero-order chi connectivity index (χ0) is 15.6. The Kier molecular flexibility index (Phi) is 5.62. The highest BCUT2D eigenvalue weighted by Crippen LogP contribution is 2.34. The Bertz CT molecular complexity index is 605. The molecule has 1 aliphatic heterocycles. The molecule has 0 amide bonds. The minimum atomic E-state index is -3.51. The summed E-state index contributed by atoms with van der Waals surface area (Å²) in [6.07, 6.45) is 3.94. The normalized spacial score (nSPS) is 21.2. The van der Waals surface area contributed by atoms with Crippen molar-refractivity contribution in [3.8, 4) is 0 Å². The number of Topliss-reactive ketones (excluding diaryl/α,β-unsaturated/α-hetero) is 1. The van der Waals surface area contributed by atoms with Crippen LogP contribution in [-0.4, -0.2) is 31.1 Å². The van der Waals surface area contributed by atoms with Gasteiger partial charge in [-0.05, 0) is 54.2 Å². The number of aryl methyl sites for hydroxylation is 1. The van der Waals surface area contributed by atoms with Crippen molar-refractivity contribution in [1.82, 2.24) is 4.31 Å². The molecule has 1 aliphatic rings. The molecule has 1 unspecified atom stereocenters. The maximum Gasteiger partial charge on any atom is 0.252 e. The molecule has 1 fully saturated rings. The van der Waals surface area contributed by atoms with Crippen molar-refractivity contribution in [3.05, 3.63) is 15.4 Å². The second-order valence-electron chi connectivity index (χ2n) is 5.55. The van der Waals surface area contributed by atoms with Gasteiger partial charge in [-0.15, -0.1) is 11.3 Å². The lowest BCUT2D eigenvalue weighted by molar-refractivity contribution is -0.117. The van der Waals surface area contributed by atoms with E-state index in [2.05, 4.69) is 15.9 Å². The summed E-state index contributed by atoms with van der Waals surface area (Å²) in [5.74, 6) is 0.0469. The summed E-state index contributed by atoms with van der Waals surface area (Å²) in [4.78, 5) is 11.5. The highest BCUT2D eigenvalue weighted by atomic mass is 79.9. The molecule has 4 nitrogen and oxygen atoms in total. The number of hydrogen-bond donors (Lipinski definition) is 0. The number of carbonyl (C=O) groups excluding carboxylic acids is 1. The Morgan fingerprint density at radius 2 is 2.14 bits per heavy atom. The van der Waals surface area contributed by atoms with Gasteiger partial charge in [-0.2, -0.15) is 4.31 Å². The largest absolute Gasteiger partial charge is 0.300 e. The molecule has 1 aromatic heterocycles. The van der Waals surface area contributed by atoms with Crippen molar-refractivity contribution < 1.29 is 13.2 Å². The average molecular weight is 394 g/mol. The van der Waals surface area contributed by atoms with E-state index in [9.17, 15) is 13.2 Å². The van der Waals surface area contributed by atoms with Crippen LogP contribution < -0.4 is 0 Å². The lowest BCUT2D eigenvalue weighted by Gasteiger charge is -2.27. The van der Waals surface area contributed by atoms with Crippen LogP contribution in [0.5, 0.6) is 0 Å². The summed E-state index contributed by atoms with van der Waals surface area (Å²) < 4.78 is 28.6. The quantitative estimate of drug-likeness (QED) is 0.782. The Hall–Kier alpha value is -0.240. The minimum Gasteiger partial charge on any atom is -0.300 e. The van der Waals surface area contributed by atoms with E-state index in [4.69, 9.17) is 0 Å². The molecule has 0 aromatic carbocycles. The fourth-order valence-corrected chi connectivity index (χ4v) is 6.73. The number of nitrogens with zero attached hydrogens (tertiary/aromatic N) is 1. The summed E-state index contributed by atoms with van der Waals surface area (Å²) >= 11 is 4.63.